The molecule has 6 heteroatoms. The van der Waals surface area contributed by atoms with Crippen LogP contribution in [0.5, 0.6) is 11.5 Å². The molecule has 0 N–H and O–H groups in total. The Morgan fingerprint density at radius 1 is 1.10 bits per heavy atom. The van der Waals surface area contributed by atoms with Crippen LogP contribution in [0.2, 0.25) is 5.02 Å². The van der Waals surface area contributed by atoms with Gasteiger partial charge in [0.25, 0.3) is 0 Å². The van der Waals surface area contributed by atoms with E-state index >= 15 is 0 Å². The van der Waals surface area contributed by atoms with Gasteiger partial charge in [0.1, 0.15) is 6.61 Å². The van der Waals surface area contributed by atoms with E-state index in [4.69, 9.17) is 21.1 Å². The van der Waals surface area contributed by atoms with Crippen LogP contribution in [0.15, 0.2) is 65.1 Å². The van der Waals surface area contributed by atoms with Gasteiger partial charge >= 0.3 is 0 Å². The summed E-state index contributed by atoms with van der Waals surface area (Å²) in [6.45, 7) is 0.219. The molecule has 3 aromatic rings. The second-order valence-electron chi connectivity index (χ2n) is 6.24. The molecule has 0 fully saturated rings. The van der Waals surface area contributed by atoms with Crippen LogP contribution in [0, 0.1) is 22.7 Å². The summed E-state index contributed by atoms with van der Waals surface area (Å²) >= 11 is 9.76. The smallest absolute Gasteiger partial charge is 0.175 e. The molecule has 0 spiro atoms. The predicted molar refractivity (Wildman–Crippen MR) is 121 cm³/mol. The van der Waals surface area contributed by atoms with Gasteiger partial charge in [-0.3, -0.25) is 0 Å². The molecular weight excluding hydrogens is 464 g/mol. The van der Waals surface area contributed by atoms with Crippen LogP contribution in [-0.2, 0) is 6.61 Å². The van der Waals surface area contributed by atoms with Crippen molar-refractivity contribution in [3.05, 3.63) is 92.4 Å². The maximum absolute atomic E-state index is 9.60. The minimum Gasteiger partial charge on any atom is -0.493 e. The molecular formula is C24H16BrClN2O2. The number of methoxy groups -OCH3 is 1. The third kappa shape index (κ3) is 4.83. The molecule has 0 bridgehead atoms. The minimum absolute atomic E-state index is 0.219. The average molecular weight is 480 g/mol. The Morgan fingerprint density at radius 3 is 2.53 bits per heavy atom. The normalized spacial score (nSPS) is 10.8. The first-order valence-corrected chi connectivity index (χ1v) is 10.1. The first-order chi connectivity index (χ1) is 14.6. The largest absolute Gasteiger partial charge is 0.493 e. The zero-order valence-corrected chi connectivity index (χ0v) is 18.4. The van der Waals surface area contributed by atoms with Crippen LogP contribution in [0.25, 0.3) is 11.6 Å². The monoisotopic (exact) mass is 478 g/mol. The standard InChI is InChI=1S/C24H16BrClN2O2/c1-29-23-12-16(10-19(14-28)20-8-4-5-9-22(20)26)11-21(25)24(23)30-15-18-7-3-2-6-17(18)13-27/h2-12H,15H2,1H3. The van der Waals surface area contributed by atoms with Crippen molar-refractivity contribution in [1.82, 2.24) is 0 Å². The van der Waals surface area contributed by atoms with Gasteiger partial charge in [-0.2, -0.15) is 10.5 Å². The predicted octanol–water partition coefficient (Wildman–Crippen LogP) is 6.63. The van der Waals surface area contributed by atoms with E-state index in [2.05, 4.69) is 28.1 Å². The summed E-state index contributed by atoms with van der Waals surface area (Å²) in [6, 6.07) is 22.4. The lowest BCUT2D eigenvalue weighted by atomic mass is 10.0. The summed E-state index contributed by atoms with van der Waals surface area (Å²) in [5.74, 6) is 1.01. The van der Waals surface area contributed by atoms with E-state index in [0.29, 0.717) is 37.7 Å². The Kier molecular flexibility index (Phi) is 7.14. The van der Waals surface area contributed by atoms with Crippen LogP contribution in [-0.4, -0.2) is 7.11 Å². The molecule has 148 valence electrons. The summed E-state index contributed by atoms with van der Waals surface area (Å²) in [4.78, 5) is 0. The Hall–Kier alpha value is -3.25. The van der Waals surface area contributed by atoms with E-state index in [1.807, 2.05) is 36.4 Å². The highest BCUT2D eigenvalue weighted by atomic mass is 79.9. The van der Waals surface area contributed by atoms with Crippen molar-refractivity contribution in [2.75, 3.05) is 7.11 Å². The number of ether oxygens (including phenoxy) is 2. The maximum Gasteiger partial charge on any atom is 0.175 e. The number of hydrogen-bond donors (Lipinski definition) is 0. The van der Waals surface area contributed by atoms with Crippen LogP contribution >= 0.6 is 27.5 Å². The molecule has 4 nitrogen and oxygen atoms in total. The molecule has 0 saturated carbocycles. The van der Waals surface area contributed by atoms with Gasteiger partial charge in [-0.15, -0.1) is 0 Å². The van der Waals surface area contributed by atoms with E-state index in [0.717, 1.165) is 11.1 Å². The number of nitrogens with zero attached hydrogens (tertiary/aromatic N) is 2. The number of halogens is 2. The third-order valence-corrected chi connectivity index (χ3v) is 5.28. The third-order valence-electron chi connectivity index (χ3n) is 4.36. The molecule has 0 heterocycles. The van der Waals surface area contributed by atoms with E-state index in [1.165, 1.54) is 0 Å². The van der Waals surface area contributed by atoms with E-state index in [-0.39, 0.29) is 6.61 Å². The van der Waals surface area contributed by atoms with Gasteiger partial charge in [-0.25, -0.2) is 0 Å². The average Bonchev–Trinajstić information content (AvgIpc) is 2.77. The lowest BCUT2D eigenvalue weighted by Gasteiger charge is -2.14. The highest BCUT2D eigenvalue weighted by Gasteiger charge is 2.14. The van der Waals surface area contributed by atoms with Gasteiger partial charge in [0.15, 0.2) is 11.5 Å². The van der Waals surface area contributed by atoms with Crippen molar-refractivity contribution in [2.45, 2.75) is 6.61 Å². The van der Waals surface area contributed by atoms with Crippen molar-refractivity contribution in [2.24, 2.45) is 0 Å². The summed E-state index contributed by atoms with van der Waals surface area (Å²) in [5, 5.41) is 19.4. The molecule has 0 atom stereocenters. The molecule has 30 heavy (non-hydrogen) atoms. The first kappa shape index (κ1) is 21.5. The van der Waals surface area contributed by atoms with Crippen LogP contribution in [0.4, 0.5) is 0 Å². The minimum atomic E-state index is 0.219. The fourth-order valence-electron chi connectivity index (χ4n) is 2.88. The second kappa shape index (κ2) is 9.98. The highest BCUT2D eigenvalue weighted by Crippen LogP contribution is 2.38. The van der Waals surface area contributed by atoms with Crippen molar-refractivity contribution in [1.29, 1.82) is 10.5 Å². The topological polar surface area (TPSA) is 66.0 Å². The van der Waals surface area contributed by atoms with Crippen molar-refractivity contribution in [3.63, 3.8) is 0 Å². The van der Waals surface area contributed by atoms with Gasteiger partial charge in [0, 0.05) is 16.1 Å². The van der Waals surface area contributed by atoms with Gasteiger partial charge in [-0.1, -0.05) is 48.0 Å². The molecule has 3 aromatic carbocycles. The number of hydrogen-bond acceptors (Lipinski definition) is 4. The Bertz CT molecular complexity index is 1190. The first-order valence-electron chi connectivity index (χ1n) is 8.92. The van der Waals surface area contributed by atoms with E-state index < -0.39 is 0 Å². The Morgan fingerprint density at radius 2 is 1.83 bits per heavy atom. The van der Waals surface area contributed by atoms with Crippen LogP contribution in [0.1, 0.15) is 22.3 Å². The number of nitriles is 2. The van der Waals surface area contributed by atoms with Crippen molar-refractivity contribution in [3.8, 4) is 23.6 Å². The van der Waals surface area contributed by atoms with E-state index in [9.17, 15) is 10.5 Å². The molecule has 3 rings (SSSR count). The summed E-state index contributed by atoms with van der Waals surface area (Å²) in [7, 11) is 1.55. The molecule has 0 aromatic heterocycles. The zero-order valence-electron chi connectivity index (χ0n) is 16.0. The Balaban J connectivity index is 1.93. The fourth-order valence-corrected chi connectivity index (χ4v) is 3.70. The number of allylic oxidation sites excluding steroid dienone is 1. The lowest BCUT2D eigenvalue weighted by Crippen LogP contribution is -2.01. The number of benzene rings is 3. The highest BCUT2D eigenvalue weighted by molar-refractivity contribution is 9.10. The van der Waals surface area contributed by atoms with Crippen LogP contribution < -0.4 is 9.47 Å². The molecule has 0 aliphatic rings. The molecule has 0 aliphatic carbocycles. The van der Waals surface area contributed by atoms with Gasteiger partial charge in [-0.05, 0) is 51.8 Å². The molecule has 0 radical (unpaired) electrons. The summed E-state index contributed by atoms with van der Waals surface area (Å²) in [6.07, 6.45) is 1.74. The molecule has 0 unspecified atom stereocenters. The van der Waals surface area contributed by atoms with Gasteiger partial charge in [0.05, 0.1) is 34.9 Å². The Labute approximate surface area is 188 Å². The van der Waals surface area contributed by atoms with Gasteiger partial charge < -0.3 is 9.47 Å². The maximum atomic E-state index is 9.60. The molecule has 0 amide bonds. The van der Waals surface area contributed by atoms with Crippen molar-refractivity contribution < 1.29 is 9.47 Å². The van der Waals surface area contributed by atoms with Crippen molar-refractivity contribution >= 4 is 39.2 Å². The SMILES string of the molecule is COc1cc(C=C(C#N)c2ccccc2Cl)cc(Br)c1OCc1ccccc1C#N. The second-order valence-corrected chi connectivity index (χ2v) is 7.50. The van der Waals surface area contributed by atoms with Crippen LogP contribution in [0.3, 0.4) is 0 Å². The lowest BCUT2D eigenvalue weighted by molar-refractivity contribution is 0.282. The molecule has 0 aliphatic heterocycles. The quantitative estimate of drug-likeness (QED) is 0.294. The number of rotatable bonds is 6. The van der Waals surface area contributed by atoms with Gasteiger partial charge in [0.2, 0.25) is 0 Å². The summed E-state index contributed by atoms with van der Waals surface area (Å²) in [5.41, 5.74) is 3.19. The zero-order chi connectivity index (χ0) is 21.5. The molecule has 0 saturated heterocycles. The fraction of sp³-hybridized carbons (Fsp3) is 0.0833. The summed E-state index contributed by atoms with van der Waals surface area (Å²) < 4.78 is 12.1. The van der Waals surface area contributed by atoms with E-state index in [1.54, 1.807) is 37.5 Å².